The van der Waals surface area contributed by atoms with Crippen LogP contribution in [0.15, 0.2) is 6.07 Å². The minimum atomic E-state index is -1.11. The van der Waals surface area contributed by atoms with Gasteiger partial charge in [-0.25, -0.2) is 14.3 Å². The third kappa shape index (κ3) is 2.39. The zero-order valence-electron chi connectivity index (χ0n) is 12.2. The molecule has 1 amide bonds. The van der Waals surface area contributed by atoms with E-state index in [-0.39, 0.29) is 19.0 Å². The molecule has 0 bridgehead atoms. The summed E-state index contributed by atoms with van der Waals surface area (Å²) in [5.41, 5.74) is 1.57. The average molecular weight is 305 g/mol. The quantitative estimate of drug-likeness (QED) is 0.808. The van der Waals surface area contributed by atoms with Crippen LogP contribution in [0.5, 0.6) is 0 Å². The lowest BCUT2D eigenvalue weighted by Gasteiger charge is -2.31. The number of carboxylic acids is 1. The Balaban J connectivity index is 1.97. The van der Waals surface area contributed by atoms with Crippen molar-refractivity contribution in [1.29, 1.82) is 0 Å². The summed E-state index contributed by atoms with van der Waals surface area (Å²) in [7, 11) is 0. The molecule has 1 unspecified atom stereocenters. The first-order valence-electron chi connectivity index (χ1n) is 6.80. The van der Waals surface area contributed by atoms with E-state index in [9.17, 15) is 14.7 Å². The molecule has 9 heteroatoms. The van der Waals surface area contributed by atoms with Crippen molar-refractivity contribution < 1.29 is 19.4 Å². The standard InChI is InChI=1S/C13H15N5O4/c1-7-5-8(2)18-13(14-7)15-10(16-18)11(19)17-3-4-22-6-9(17)12(20)21/h5,9H,3-4,6H2,1-2H3,(H,20,21). The average Bonchev–Trinajstić information content (AvgIpc) is 2.90. The number of aromatic nitrogens is 4. The molecule has 1 atom stereocenters. The first-order chi connectivity index (χ1) is 10.5. The largest absolute Gasteiger partial charge is 0.480 e. The van der Waals surface area contributed by atoms with Gasteiger partial charge in [0, 0.05) is 17.9 Å². The number of carbonyl (C=O) groups excluding carboxylic acids is 1. The van der Waals surface area contributed by atoms with Crippen LogP contribution in [0.25, 0.3) is 5.78 Å². The molecule has 116 valence electrons. The zero-order valence-corrected chi connectivity index (χ0v) is 12.2. The Morgan fingerprint density at radius 3 is 2.86 bits per heavy atom. The molecule has 2 aromatic rings. The number of aryl methyl sites for hydroxylation is 2. The lowest BCUT2D eigenvalue weighted by molar-refractivity contribution is -0.147. The highest BCUT2D eigenvalue weighted by atomic mass is 16.5. The van der Waals surface area contributed by atoms with Crippen molar-refractivity contribution in [3.05, 3.63) is 23.3 Å². The summed E-state index contributed by atoms with van der Waals surface area (Å²) in [6.45, 7) is 4.10. The number of amides is 1. The molecular formula is C13H15N5O4. The van der Waals surface area contributed by atoms with Gasteiger partial charge in [-0.15, -0.1) is 5.10 Å². The first-order valence-corrected chi connectivity index (χ1v) is 6.80. The number of carbonyl (C=O) groups is 2. The van der Waals surface area contributed by atoms with Crippen LogP contribution in [-0.4, -0.2) is 67.3 Å². The van der Waals surface area contributed by atoms with Crippen molar-refractivity contribution in [2.24, 2.45) is 0 Å². The van der Waals surface area contributed by atoms with Crippen LogP contribution in [0.1, 0.15) is 22.0 Å². The number of rotatable bonds is 2. The van der Waals surface area contributed by atoms with Gasteiger partial charge < -0.3 is 14.7 Å². The van der Waals surface area contributed by atoms with Crippen LogP contribution >= 0.6 is 0 Å². The highest BCUT2D eigenvalue weighted by Crippen LogP contribution is 2.12. The Morgan fingerprint density at radius 2 is 2.14 bits per heavy atom. The molecule has 3 rings (SSSR count). The Morgan fingerprint density at radius 1 is 1.36 bits per heavy atom. The highest BCUT2D eigenvalue weighted by molar-refractivity contribution is 5.94. The maximum atomic E-state index is 12.5. The maximum Gasteiger partial charge on any atom is 0.328 e. The summed E-state index contributed by atoms with van der Waals surface area (Å²) >= 11 is 0. The second-order valence-corrected chi connectivity index (χ2v) is 5.11. The first kappa shape index (κ1) is 14.4. The zero-order chi connectivity index (χ0) is 15.9. The summed E-state index contributed by atoms with van der Waals surface area (Å²) in [5.74, 6) is -1.38. The van der Waals surface area contributed by atoms with E-state index in [1.54, 1.807) is 0 Å². The molecule has 3 heterocycles. The van der Waals surface area contributed by atoms with Crippen molar-refractivity contribution in [3.63, 3.8) is 0 Å². The lowest BCUT2D eigenvalue weighted by atomic mass is 10.2. The molecule has 22 heavy (non-hydrogen) atoms. The number of morpholine rings is 1. The van der Waals surface area contributed by atoms with Gasteiger partial charge in [-0.3, -0.25) is 4.79 Å². The Hall–Kier alpha value is -2.55. The van der Waals surface area contributed by atoms with E-state index in [4.69, 9.17) is 4.74 Å². The number of hydrogen-bond donors (Lipinski definition) is 1. The van der Waals surface area contributed by atoms with Gasteiger partial charge in [0.1, 0.15) is 0 Å². The summed E-state index contributed by atoms with van der Waals surface area (Å²) < 4.78 is 6.59. The lowest BCUT2D eigenvalue weighted by Crippen LogP contribution is -2.52. The number of aliphatic carboxylic acids is 1. The Kier molecular flexibility index (Phi) is 3.49. The molecule has 1 N–H and O–H groups in total. The predicted octanol–water partition coefficient (Wildman–Crippen LogP) is -0.333. The fourth-order valence-electron chi connectivity index (χ4n) is 2.44. The summed E-state index contributed by atoms with van der Waals surface area (Å²) in [6, 6.07) is 0.800. The van der Waals surface area contributed by atoms with Crippen molar-refractivity contribution >= 4 is 17.7 Å². The van der Waals surface area contributed by atoms with Crippen LogP contribution in [-0.2, 0) is 9.53 Å². The van der Waals surface area contributed by atoms with Gasteiger partial charge in [0.2, 0.25) is 5.82 Å². The predicted molar refractivity (Wildman–Crippen MR) is 73.5 cm³/mol. The second-order valence-electron chi connectivity index (χ2n) is 5.11. The SMILES string of the molecule is Cc1cc(C)n2nc(C(=O)N3CCOCC3C(=O)O)nc2n1. The fourth-order valence-corrected chi connectivity index (χ4v) is 2.44. The van der Waals surface area contributed by atoms with E-state index in [0.717, 1.165) is 11.4 Å². The monoisotopic (exact) mass is 305 g/mol. The maximum absolute atomic E-state index is 12.5. The van der Waals surface area contributed by atoms with Crippen LogP contribution in [0.4, 0.5) is 0 Å². The smallest absolute Gasteiger partial charge is 0.328 e. The van der Waals surface area contributed by atoms with Crippen molar-refractivity contribution in [3.8, 4) is 0 Å². The number of nitrogens with zero attached hydrogens (tertiary/aromatic N) is 5. The topological polar surface area (TPSA) is 110 Å². The third-order valence-corrected chi connectivity index (χ3v) is 3.48. The Bertz CT molecular complexity index is 756. The molecule has 1 saturated heterocycles. The molecule has 9 nitrogen and oxygen atoms in total. The van der Waals surface area contributed by atoms with E-state index in [1.807, 2.05) is 19.9 Å². The molecule has 0 spiro atoms. The number of fused-ring (bicyclic) bond motifs is 1. The van der Waals surface area contributed by atoms with E-state index in [1.165, 1.54) is 9.42 Å². The van der Waals surface area contributed by atoms with Crippen LogP contribution in [0.3, 0.4) is 0 Å². The molecule has 0 aromatic carbocycles. The van der Waals surface area contributed by atoms with Gasteiger partial charge in [0.05, 0.1) is 13.2 Å². The van der Waals surface area contributed by atoms with Crippen LogP contribution in [0, 0.1) is 13.8 Å². The molecule has 0 aliphatic carbocycles. The highest BCUT2D eigenvalue weighted by Gasteiger charge is 2.35. The molecular weight excluding hydrogens is 290 g/mol. The summed E-state index contributed by atoms with van der Waals surface area (Å²) in [6.07, 6.45) is 0. The number of ether oxygens (including phenoxy) is 1. The van der Waals surface area contributed by atoms with Gasteiger partial charge >= 0.3 is 5.97 Å². The van der Waals surface area contributed by atoms with E-state index < -0.39 is 17.9 Å². The summed E-state index contributed by atoms with van der Waals surface area (Å²) in [4.78, 5) is 33.3. The molecule has 0 saturated carbocycles. The second kappa shape index (κ2) is 5.34. The molecule has 1 fully saturated rings. The van der Waals surface area contributed by atoms with E-state index in [2.05, 4.69) is 15.1 Å². The minimum Gasteiger partial charge on any atom is -0.480 e. The normalized spacial score (nSPS) is 18.6. The van der Waals surface area contributed by atoms with Crippen LogP contribution in [0.2, 0.25) is 0 Å². The van der Waals surface area contributed by atoms with Crippen molar-refractivity contribution in [1.82, 2.24) is 24.5 Å². The fraction of sp³-hybridized carbons (Fsp3) is 0.462. The van der Waals surface area contributed by atoms with Crippen LogP contribution < -0.4 is 0 Å². The minimum absolute atomic E-state index is 0.0369. The third-order valence-electron chi connectivity index (χ3n) is 3.48. The van der Waals surface area contributed by atoms with Crippen molar-refractivity contribution in [2.75, 3.05) is 19.8 Å². The van der Waals surface area contributed by atoms with E-state index in [0.29, 0.717) is 12.4 Å². The van der Waals surface area contributed by atoms with E-state index >= 15 is 0 Å². The number of carboxylic acid groups (broad SMARTS) is 1. The molecule has 2 aromatic heterocycles. The molecule has 1 aliphatic heterocycles. The Labute approximate surface area is 125 Å². The summed E-state index contributed by atoms with van der Waals surface area (Å²) in [5, 5.41) is 13.3. The number of hydrogen-bond acceptors (Lipinski definition) is 6. The molecule has 1 aliphatic rings. The van der Waals surface area contributed by atoms with Gasteiger partial charge in [-0.05, 0) is 19.9 Å². The van der Waals surface area contributed by atoms with Crippen molar-refractivity contribution in [2.45, 2.75) is 19.9 Å². The van der Waals surface area contributed by atoms with Gasteiger partial charge in [-0.1, -0.05) is 0 Å². The molecule has 0 radical (unpaired) electrons. The van der Waals surface area contributed by atoms with Gasteiger partial charge in [0.25, 0.3) is 11.7 Å². The van der Waals surface area contributed by atoms with Gasteiger partial charge in [0.15, 0.2) is 6.04 Å². The van der Waals surface area contributed by atoms with Gasteiger partial charge in [-0.2, -0.15) is 4.98 Å².